The van der Waals surface area contributed by atoms with Crippen LogP contribution in [-0.2, 0) is 14.8 Å². The number of nitrogens with zero attached hydrogens (tertiary/aromatic N) is 3. The maximum Gasteiger partial charge on any atom is 0.256 e. The number of piperidine rings is 1. The lowest BCUT2D eigenvalue weighted by molar-refractivity contribution is -0.129. The van der Waals surface area contributed by atoms with E-state index >= 15 is 0 Å². The van der Waals surface area contributed by atoms with E-state index in [2.05, 4.69) is 18.2 Å². The zero-order valence-corrected chi connectivity index (χ0v) is 13.7. The van der Waals surface area contributed by atoms with E-state index in [0.717, 1.165) is 19.5 Å². The zero-order valence-electron chi connectivity index (χ0n) is 12.9. The Morgan fingerprint density at radius 1 is 1.23 bits per heavy atom. The Balaban J connectivity index is 1.78. The van der Waals surface area contributed by atoms with E-state index in [-0.39, 0.29) is 11.7 Å². The molecule has 1 saturated heterocycles. The Hall–Kier alpha value is -1.63. The van der Waals surface area contributed by atoms with Crippen molar-refractivity contribution in [1.82, 2.24) is 9.80 Å². The van der Waals surface area contributed by atoms with Gasteiger partial charge in [-0.2, -0.15) is 0 Å². The molecule has 0 saturated carbocycles. The number of carbonyl (C=O) groups is 1. The summed E-state index contributed by atoms with van der Waals surface area (Å²) in [6.07, 6.45) is 6.16. The van der Waals surface area contributed by atoms with Gasteiger partial charge in [-0.25, -0.2) is 8.42 Å². The van der Waals surface area contributed by atoms with E-state index < -0.39 is 10.0 Å². The summed E-state index contributed by atoms with van der Waals surface area (Å²) in [6.45, 7) is 6.24. The summed E-state index contributed by atoms with van der Waals surface area (Å²) in [6, 6.07) is 0. The van der Waals surface area contributed by atoms with Crippen molar-refractivity contribution in [2.75, 3.05) is 25.4 Å². The summed E-state index contributed by atoms with van der Waals surface area (Å²) >= 11 is 0. The number of likely N-dealkylation sites (tertiary alicyclic amines) is 1. The van der Waals surface area contributed by atoms with Gasteiger partial charge in [0.15, 0.2) is 0 Å². The maximum atomic E-state index is 12.7. The second-order valence-corrected chi connectivity index (χ2v) is 8.26. The molecule has 3 rings (SSSR count). The number of rotatable bonds is 1. The summed E-state index contributed by atoms with van der Waals surface area (Å²) in [7, 11) is -3.36. The zero-order chi connectivity index (χ0) is 15.9. The van der Waals surface area contributed by atoms with Crippen LogP contribution in [0.2, 0.25) is 0 Å². The standard InChI is InChI=1S/C15H21N3O3S/c1-11-7-12(2)9-18(8-11)15(19)13-3-4-14-16-22(20,21)6-5-17(14)10-13/h3-4,10-12H,5-9H2,1-2H3. The Morgan fingerprint density at radius 3 is 2.59 bits per heavy atom. The van der Waals surface area contributed by atoms with Crippen molar-refractivity contribution < 1.29 is 13.2 Å². The predicted molar refractivity (Wildman–Crippen MR) is 84.7 cm³/mol. The fourth-order valence-corrected chi connectivity index (χ4v) is 4.31. The molecule has 2 atom stereocenters. The molecule has 0 spiro atoms. The molecule has 0 bridgehead atoms. The van der Waals surface area contributed by atoms with Gasteiger partial charge < -0.3 is 9.80 Å². The normalized spacial score (nSPS) is 30.5. The Kier molecular flexibility index (Phi) is 3.84. The van der Waals surface area contributed by atoms with E-state index in [9.17, 15) is 13.2 Å². The van der Waals surface area contributed by atoms with Crippen LogP contribution in [0, 0.1) is 11.8 Å². The number of sulfonamides is 1. The van der Waals surface area contributed by atoms with Crippen LogP contribution >= 0.6 is 0 Å². The third kappa shape index (κ3) is 3.09. The molecule has 3 aliphatic heterocycles. The van der Waals surface area contributed by atoms with Gasteiger partial charge in [-0.05, 0) is 30.4 Å². The molecule has 0 N–H and O–H groups in total. The SMILES string of the molecule is CC1CC(C)CN(C(=O)C2=CN3CCS(=O)(=O)N=C3C=C2)C1. The van der Waals surface area contributed by atoms with Crippen molar-refractivity contribution in [2.24, 2.45) is 16.2 Å². The molecule has 1 fully saturated rings. The molecule has 6 nitrogen and oxygen atoms in total. The molecule has 0 aromatic rings. The first-order valence-corrected chi connectivity index (χ1v) is 9.23. The van der Waals surface area contributed by atoms with Gasteiger partial charge in [0.2, 0.25) is 0 Å². The van der Waals surface area contributed by atoms with Crippen LogP contribution in [0.1, 0.15) is 20.3 Å². The second-order valence-electron chi connectivity index (χ2n) is 6.50. The maximum absolute atomic E-state index is 12.7. The van der Waals surface area contributed by atoms with Crippen LogP contribution in [0.25, 0.3) is 0 Å². The van der Waals surface area contributed by atoms with Gasteiger partial charge >= 0.3 is 0 Å². The van der Waals surface area contributed by atoms with Gasteiger partial charge in [0, 0.05) is 25.8 Å². The fourth-order valence-electron chi connectivity index (χ4n) is 3.34. The number of fused-ring (bicyclic) bond motifs is 1. The van der Waals surface area contributed by atoms with Crippen LogP contribution in [-0.4, -0.2) is 55.3 Å². The van der Waals surface area contributed by atoms with Gasteiger partial charge in [0.1, 0.15) is 5.84 Å². The largest absolute Gasteiger partial charge is 0.338 e. The third-order valence-electron chi connectivity index (χ3n) is 4.23. The molecule has 0 aliphatic carbocycles. The topological polar surface area (TPSA) is 70.1 Å². The summed E-state index contributed by atoms with van der Waals surface area (Å²) in [4.78, 5) is 16.3. The number of amidine groups is 1. The Bertz CT molecular complexity index is 668. The summed E-state index contributed by atoms with van der Waals surface area (Å²) in [5, 5.41) is 0. The van der Waals surface area contributed by atoms with Crippen LogP contribution in [0.15, 0.2) is 28.3 Å². The van der Waals surface area contributed by atoms with Crippen LogP contribution in [0.5, 0.6) is 0 Å². The first-order chi connectivity index (χ1) is 10.3. The second kappa shape index (κ2) is 5.53. The third-order valence-corrected chi connectivity index (χ3v) is 5.39. The average Bonchev–Trinajstić information content (AvgIpc) is 2.44. The van der Waals surface area contributed by atoms with E-state index in [0.29, 0.717) is 29.8 Å². The fraction of sp³-hybridized carbons (Fsp3) is 0.600. The minimum atomic E-state index is -3.36. The minimum absolute atomic E-state index is 0.0138. The minimum Gasteiger partial charge on any atom is -0.338 e. The Labute approximate surface area is 131 Å². The molecular weight excluding hydrogens is 302 g/mol. The molecule has 1 amide bonds. The molecule has 0 radical (unpaired) electrons. The van der Waals surface area contributed by atoms with Crippen LogP contribution in [0.3, 0.4) is 0 Å². The van der Waals surface area contributed by atoms with Gasteiger partial charge in [0.25, 0.3) is 15.9 Å². The molecule has 3 aliphatic rings. The van der Waals surface area contributed by atoms with E-state index in [1.807, 2.05) is 4.90 Å². The van der Waals surface area contributed by atoms with Crippen molar-refractivity contribution in [1.29, 1.82) is 0 Å². The number of hydrogen-bond donors (Lipinski definition) is 0. The molecular formula is C15H21N3O3S. The number of carbonyl (C=O) groups excluding carboxylic acids is 1. The number of hydrogen-bond acceptors (Lipinski definition) is 4. The predicted octanol–water partition coefficient (Wildman–Crippen LogP) is 0.989. The van der Waals surface area contributed by atoms with Crippen molar-refractivity contribution in [3.05, 3.63) is 23.9 Å². The monoisotopic (exact) mass is 323 g/mol. The molecule has 0 aromatic heterocycles. The molecule has 120 valence electrons. The molecule has 0 aromatic carbocycles. The lowest BCUT2D eigenvalue weighted by atomic mass is 9.91. The molecule has 7 heteroatoms. The van der Waals surface area contributed by atoms with Crippen LogP contribution in [0.4, 0.5) is 0 Å². The van der Waals surface area contributed by atoms with Gasteiger partial charge in [-0.1, -0.05) is 13.8 Å². The molecule has 22 heavy (non-hydrogen) atoms. The first kappa shape index (κ1) is 15.3. The van der Waals surface area contributed by atoms with Gasteiger partial charge in [-0.15, -0.1) is 4.40 Å². The van der Waals surface area contributed by atoms with Gasteiger partial charge in [0.05, 0.1) is 11.3 Å². The summed E-state index contributed by atoms with van der Waals surface area (Å²) in [5.74, 6) is 1.42. The highest BCUT2D eigenvalue weighted by atomic mass is 32.2. The first-order valence-electron chi connectivity index (χ1n) is 7.62. The lowest BCUT2D eigenvalue weighted by Crippen LogP contribution is -2.44. The highest BCUT2D eigenvalue weighted by molar-refractivity contribution is 7.90. The quantitative estimate of drug-likeness (QED) is 0.721. The van der Waals surface area contributed by atoms with Crippen molar-refractivity contribution >= 4 is 21.8 Å². The summed E-state index contributed by atoms with van der Waals surface area (Å²) in [5.41, 5.74) is 0.597. The van der Waals surface area contributed by atoms with E-state index in [4.69, 9.17) is 0 Å². The lowest BCUT2D eigenvalue weighted by Gasteiger charge is -2.36. The van der Waals surface area contributed by atoms with Crippen molar-refractivity contribution in [3.63, 3.8) is 0 Å². The molecule has 3 heterocycles. The number of amides is 1. The average molecular weight is 323 g/mol. The van der Waals surface area contributed by atoms with E-state index in [1.165, 1.54) is 0 Å². The highest BCUT2D eigenvalue weighted by Gasteiger charge is 2.29. The van der Waals surface area contributed by atoms with E-state index in [1.54, 1.807) is 23.3 Å². The van der Waals surface area contributed by atoms with Gasteiger partial charge in [-0.3, -0.25) is 4.79 Å². The smallest absolute Gasteiger partial charge is 0.256 e. The molecule has 2 unspecified atom stereocenters. The Morgan fingerprint density at radius 2 is 1.91 bits per heavy atom. The van der Waals surface area contributed by atoms with Crippen molar-refractivity contribution in [3.8, 4) is 0 Å². The van der Waals surface area contributed by atoms with Crippen molar-refractivity contribution in [2.45, 2.75) is 20.3 Å². The van der Waals surface area contributed by atoms with Crippen LogP contribution < -0.4 is 0 Å². The highest BCUT2D eigenvalue weighted by Crippen LogP contribution is 2.24. The summed E-state index contributed by atoms with van der Waals surface area (Å²) < 4.78 is 26.7.